The Bertz CT molecular complexity index is 186. The molecule has 0 radical (unpaired) electrons. The second kappa shape index (κ2) is 6.30. The van der Waals surface area contributed by atoms with E-state index in [-0.39, 0.29) is 0 Å². The lowest BCUT2D eigenvalue weighted by Crippen LogP contribution is -2.23. The maximum atomic E-state index is 10.4. The summed E-state index contributed by atoms with van der Waals surface area (Å²) in [4.78, 5) is 10.4. The molecular formula is C14H26O. The Hall–Kier alpha value is -0.330. The van der Waals surface area contributed by atoms with Gasteiger partial charge in [0, 0.05) is 6.42 Å². The van der Waals surface area contributed by atoms with Crippen molar-refractivity contribution >= 4 is 6.29 Å². The van der Waals surface area contributed by atoms with Crippen LogP contribution in [0.2, 0.25) is 0 Å². The van der Waals surface area contributed by atoms with Gasteiger partial charge in [-0.3, -0.25) is 0 Å². The van der Waals surface area contributed by atoms with Crippen LogP contribution in [0.1, 0.15) is 59.3 Å². The first kappa shape index (κ1) is 12.7. The number of aldehydes is 1. The summed E-state index contributed by atoms with van der Waals surface area (Å²) in [6.45, 7) is 7.02. The molecular weight excluding hydrogens is 184 g/mol. The van der Waals surface area contributed by atoms with E-state index >= 15 is 0 Å². The van der Waals surface area contributed by atoms with Crippen LogP contribution in [0.3, 0.4) is 0 Å². The Balaban J connectivity index is 2.30. The van der Waals surface area contributed by atoms with Gasteiger partial charge < -0.3 is 4.79 Å². The third-order valence-electron chi connectivity index (χ3n) is 3.92. The van der Waals surface area contributed by atoms with Crippen LogP contribution in [0.5, 0.6) is 0 Å². The van der Waals surface area contributed by atoms with Crippen molar-refractivity contribution in [3.05, 3.63) is 0 Å². The minimum atomic E-state index is 0.768. The van der Waals surface area contributed by atoms with Gasteiger partial charge in [0.05, 0.1) is 0 Å². The second-order valence-corrected chi connectivity index (χ2v) is 5.79. The van der Waals surface area contributed by atoms with E-state index in [0.29, 0.717) is 0 Å². The molecule has 0 aliphatic heterocycles. The Labute approximate surface area is 94.6 Å². The summed E-state index contributed by atoms with van der Waals surface area (Å²) in [5, 5.41) is 0. The van der Waals surface area contributed by atoms with Crippen molar-refractivity contribution in [1.29, 1.82) is 0 Å². The van der Waals surface area contributed by atoms with Crippen LogP contribution < -0.4 is 0 Å². The first-order valence-corrected chi connectivity index (χ1v) is 6.57. The standard InChI is InChI=1S/C14H26O/c1-11(2)9-13-6-7-14(5-4-8-15)12(3)10-13/h8,11-14H,4-7,9-10H2,1-3H3/t12-,13+,14+/m0/s1. The third-order valence-corrected chi connectivity index (χ3v) is 3.92. The van der Waals surface area contributed by atoms with Crippen LogP contribution in [-0.2, 0) is 4.79 Å². The monoisotopic (exact) mass is 210 g/mol. The molecule has 15 heavy (non-hydrogen) atoms. The van der Waals surface area contributed by atoms with Crippen molar-refractivity contribution in [3.8, 4) is 0 Å². The highest BCUT2D eigenvalue weighted by Gasteiger charge is 2.27. The molecule has 1 aliphatic rings. The Morgan fingerprint density at radius 3 is 2.60 bits per heavy atom. The lowest BCUT2D eigenvalue weighted by Gasteiger charge is -2.34. The molecule has 0 amide bonds. The summed E-state index contributed by atoms with van der Waals surface area (Å²) >= 11 is 0. The second-order valence-electron chi connectivity index (χ2n) is 5.79. The predicted molar refractivity (Wildman–Crippen MR) is 64.7 cm³/mol. The topological polar surface area (TPSA) is 17.1 Å². The predicted octanol–water partition coefficient (Wildman–Crippen LogP) is 4.06. The zero-order valence-electron chi connectivity index (χ0n) is 10.5. The molecule has 1 rings (SSSR count). The number of rotatable bonds is 5. The third kappa shape index (κ3) is 4.36. The van der Waals surface area contributed by atoms with Crippen LogP contribution in [-0.4, -0.2) is 6.29 Å². The molecule has 88 valence electrons. The zero-order valence-corrected chi connectivity index (χ0v) is 10.5. The first-order valence-electron chi connectivity index (χ1n) is 6.57. The fourth-order valence-electron chi connectivity index (χ4n) is 3.16. The van der Waals surface area contributed by atoms with Gasteiger partial charge in [0.1, 0.15) is 6.29 Å². The van der Waals surface area contributed by atoms with E-state index in [2.05, 4.69) is 20.8 Å². The van der Waals surface area contributed by atoms with Crippen LogP contribution in [0.15, 0.2) is 0 Å². The fraction of sp³-hybridized carbons (Fsp3) is 0.929. The summed E-state index contributed by atoms with van der Waals surface area (Å²) in [5.74, 6) is 3.45. The molecule has 0 aromatic rings. The van der Waals surface area contributed by atoms with Gasteiger partial charge >= 0.3 is 0 Å². The average molecular weight is 210 g/mol. The minimum Gasteiger partial charge on any atom is -0.303 e. The molecule has 1 saturated carbocycles. The van der Waals surface area contributed by atoms with Crippen molar-refractivity contribution in [3.63, 3.8) is 0 Å². The molecule has 0 saturated heterocycles. The molecule has 0 aromatic carbocycles. The molecule has 0 heterocycles. The van der Waals surface area contributed by atoms with E-state index in [1.165, 1.54) is 25.7 Å². The highest BCUT2D eigenvalue weighted by Crippen LogP contribution is 2.38. The van der Waals surface area contributed by atoms with Crippen molar-refractivity contribution < 1.29 is 4.79 Å². The van der Waals surface area contributed by atoms with Gasteiger partial charge in [-0.25, -0.2) is 0 Å². The van der Waals surface area contributed by atoms with Gasteiger partial charge in [-0.2, -0.15) is 0 Å². The van der Waals surface area contributed by atoms with Gasteiger partial charge in [-0.05, 0) is 49.4 Å². The Kier molecular flexibility index (Phi) is 5.35. The van der Waals surface area contributed by atoms with Gasteiger partial charge in [0.15, 0.2) is 0 Å². The lowest BCUT2D eigenvalue weighted by atomic mass is 9.71. The SMILES string of the molecule is CC(C)C[C@H]1CC[C@@H](CCC=O)[C@@H](C)C1. The molecule has 0 bridgehead atoms. The summed E-state index contributed by atoms with van der Waals surface area (Å²) in [5.41, 5.74) is 0. The fourth-order valence-corrected chi connectivity index (χ4v) is 3.16. The van der Waals surface area contributed by atoms with Crippen molar-refractivity contribution in [1.82, 2.24) is 0 Å². The molecule has 1 heteroatoms. The van der Waals surface area contributed by atoms with E-state index in [1.807, 2.05) is 0 Å². The van der Waals surface area contributed by atoms with Crippen LogP contribution in [0, 0.1) is 23.7 Å². The maximum Gasteiger partial charge on any atom is 0.120 e. The van der Waals surface area contributed by atoms with Gasteiger partial charge in [0.25, 0.3) is 0 Å². The minimum absolute atomic E-state index is 0.768. The van der Waals surface area contributed by atoms with E-state index in [9.17, 15) is 4.79 Å². The molecule has 3 atom stereocenters. The van der Waals surface area contributed by atoms with E-state index in [4.69, 9.17) is 0 Å². The average Bonchev–Trinajstić information content (AvgIpc) is 2.15. The molecule has 1 fully saturated rings. The van der Waals surface area contributed by atoms with Crippen LogP contribution in [0.25, 0.3) is 0 Å². The smallest absolute Gasteiger partial charge is 0.120 e. The molecule has 0 spiro atoms. The van der Waals surface area contributed by atoms with E-state index in [1.54, 1.807) is 0 Å². The molecule has 0 unspecified atom stereocenters. The van der Waals surface area contributed by atoms with Gasteiger partial charge in [0.2, 0.25) is 0 Å². The largest absolute Gasteiger partial charge is 0.303 e. The summed E-state index contributed by atoms with van der Waals surface area (Å²) in [7, 11) is 0. The normalized spacial score (nSPS) is 31.9. The molecule has 0 aromatic heterocycles. The number of carbonyl (C=O) groups is 1. The summed E-state index contributed by atoms with van der Waals surface area (Å²) in [6.07, 6.45) is 8.50. The van der Waals surface area contributed by atoms with Crippen molar-refractivity contribution in [2.75, 3.05) is 0 Å². The summed E-state index contributed by atoms with van der Waals surface area (Å²) in [6, 6.07) is 0. The van der Waals surface area contributed by atoms with Crippen LogP contribution >= 0.6 is 0 Å². The highest BCUT2D eigenvalue weighted by molar-refractivity contribution is 5.49. The van der Waals surface area contributed by atoms with E-state index in [0.717, 1.165) is 42.8 Å². The number of carbonyl (C=O) groups excluding carboxylic acids is 1. The maximum absolute atomic E-state index is 10.4. The molecule has 0 N–H and O–H groups in total. The Morgan fingerprint density at radius 1 is 1.33 bits per heavy atom. The van der Waals surface area contributed by atoms with Crippen molar-refractivity contribution in [2.45, 2.75) is 59.3 Å². The number of hydrogen-bond donors (Lipinski definition) is 0. The van der Waals surface area contributed by atoms with Gasteiger partial charge in [-0.15, -0.1) is 0 Å². The number of hydrogen-bond acceptors (Lipinski definition) is 1. The van der Waals surface area contributed by atoms with E-state index < -0.39 is 0 Å². The Morgan fingerprint density at radius 2 is 2.07 bits per heavy atom. The highest BCUT2D eigenvalue weighted by atomic mass is 16.1. The lowest BCUT2D eigenvalue weighted by molar-refractivity contribution is -0.108. The zero-order chi connectivity index (χ0) is 11.3. The summed E-state index contributed by atoms with van der Waals surface area (Å²) < 4.78 is 0. The molecule has 1 nitrogen and oxygen atoms in total. The first-order chi connectivity index (χ1) is 7.13. The van der Waals surface area contributed by atoms with Gasteiger partial charge in [-0.1, -0.05) is 27.2 Å². The molecule has 1 aliphatic carbocycles. The van der Waals surface area contributed by atoms with Crippen molar-refractivity contribution in [2.24, 2.45) is 23.7 Å². The van der Waals surface area contributed by atoms with Crippen LogP contribution in [0.4, 0.5) is 0 Å². The quantitative estimate of drug-likeness (QED) is 0.625.